The highest BCUT2D eigenvalue weighted by atomic mass is 35.5. The van der Waals surface area contributed by atoms with Crippen LogP contribution in [-0.2, 0) is 6.54 Å². The molecule has 0 bridgehead atoms. The second-order valence-electron chi connectivity index (χ2n) is 7.50. The van der Waals surface area contributed by atoms with Gasteiger partial charge in [-0.05, 0) is 30.0 Å². The molecule has 0 radical (unpaired) electrons. The Labute approximate surface area is 174 Å². The van der Waals surface area contributed by atoms with E-state index in [1.54, 1.807) is 0 Å². The summed E-state index contributed by atoms with van der Waals surface area (Å²) in [5, 5.41) is 13.2. The molecular formula is C21H26ClN3O2S. The predicted molar refractivity (Wildman–Crippen MR) is 117 cm³/mol. The van der Waals surface area contributed by atoms with Crippen LogP contribution < -0.4 is 5.56 Å². The number of aromatic amines is 1. The van der Waals surface area contributed by atoms with E-state index in [2.05, 4.69) is 23.7 Å². The third-order valence-electron chi connectivity index (χ3n) is 4.57. The van der Waals surface area contributed by atoms with Crippen LogP contribution in [-0.4, -0.2) is 39.2 Å². The van der Waals surface area contributed by atoms with Crippen LogP contribution in [0.4, 0.5) is 0 Å². The average Bonchev–Trinajstić information content (AvgIpc) is 3.05. The molecule has 0 amide bonds. The van der Waals surface area contributed by atoms with E-state index in [4.69, 9.17) is 16.6 Å². The van der Waals surface area contributed by atoms with Crippen LogP contribution in [0.2, 0.25) is 5.02 Å². The third-order valence-corrected chi connectivity index (χ3v) is 5.67. The minimum absolute atomic E-state index is 0.142. The molecule has 5 nitrogen and oxygen atoms in total. The van der Waals surface area contributed by atoms with Crippen molar-refractivity contribution in [1.82, 2.24) is 14.9 Å². The van der Waals surface area contributed by atoms with E-state index < -0.39 is 0 Å². The molecule has 0 spiro atoms. The highest BCUT2D eigenvalue weighted by molar-refractivity contribution is 7.17. The molecule has 2 aromatic heterocycles. The van der Waals surface area contributed by atoms with E-state index in [0.717, 1.165) is 17.7 Å². The van der Waals surface area contributed by atoms with Crippen LogP contribution in [0.5, 0.6) is 0 Å². The molecule has 1 atom stereocenters. The summed E-state index contributed by atoms with van der Waals surface area (Å²) in [4.78, 5) is 23.3. The van der Waals surface area contributed by atoms with Crippen molar-refractivity contribution in [2.24, 2.45) is 5.92 Å². The Morgan fingerprint density at radius 3 is 2.79 bits per heavy atom. The molecule has 1 unspecified atom stereocenters. The highest BCUT2D eigenvalue weighted by Gasteiger charge is 2.17. The van der Waals surface area contributed by atoms with Gasteiger partial charge < -0.3 is 10.1 Å². The number of hydrogen-bond donors (Lipinski definition) is 2. The van der Waals surface area contributed by atoms with Crippen molar-refractivity contribution in [3.63, 3.8) is 0 Å². The number of rotatable bonds is 8. The first-order valence-electron chi connectivity index (χ1n) is 9.54. The van der Waals surface area contributed by atoms with Gasteiger partial charge in [-0.15, -0.1) is 11.3 Å². The maximum absolute atomic E-state index is 12.8. The summed E-state index contributed by atoms with van der Waals surface area (Å²) in [7, 11) is 0. The Morgan fingerprint density at radius 1 is 1.32 bits per heavy atom. The molecule has 3 rings (SSSR count). The molecular weight excluding hydrogens is 394 g/mol. The zero-order chi connectivity index (χ0) is 20.3. The van der Waals surface area contributed by atoms with E-state index in [0.29, 0.717) is 46.5 Å². The van der Waals surface area contributed by atoms with Crippen molar-refractivity contribution in [3.8, 4) is 11.1 Å². The number of aromatic nitrogens is 2. The number of halogens is 1. The van der Waals surface area contributed by atoms with Crippen molar-refractivity contribution in [3.05, 3.63) is 50.8 Å². The molecule has 28 heavy (non-hydrogen) atoms. The van der Waals surface area contributed by atoms with Gasteiger partial charge in [0.25, 0.3) is 5.56 Å². The first-order chi connectivity index (χ1) is 13.4. The van der Waals surface area contributed by atoms with E-state index >= 15 is 0 Å². The monoisotopic (exact) mass is 419 g/mol. The Balaban J connectivity index is 1.92. The smallest absolute Gasteiger partial charge is 0.260 e. The maximum Gasteiger partial charge on any atom is 0.260 e. The first-order valence-corrected chi connectivity index (χ1v) is 10.8. The topological polar surface area (TPSA) is 69.2 Å². The van der Waals surface area contributed by atoms with Crippen LogP contribution in [0.1, 0.15) is 33.0 Å². The summed E-state index contributed by atoms with van der Waals surface area (Å²) < 4.78 is 0. The van der Waals surface area contributed by atoms with Gasteiger partial charge in [0.15, 0.2) is 0 Å². The van der Waals surface area contributed by atoms with Crippen LogP contribution in [0, 0.1) is 5.92 Å². The first kappa shape index (κ1) is 21.0. The third kappa shape index (κ3) is 5.00. The van der Waals surface area contributed by atoms with Crippen molar-refractivity contribution in [2.45, 2.75) is 39.8 Å². The molecule has 3 aromatic rings. The molecule has 2 N–H and O–H groups in total. The van der Waals surface area contributed by atoms with Crippen LogP contribution >= 0.6 is 22.9 Å². The molecule has 7 heteroatoms. The van der Waals surface area contributed by atoms with Gasteiger partial charge in [-0.3, -0.25) is 9.69 Å². The Kier molecular flexibility index (Phi) is 6.88. The fourth-order valence-corrected chi connectivity index (χ4v) is 4.45. The van der Waals surface area contributed by atoms with E-state index in [1.807, 2.05) is 36.6 Å². The lowest BCUT2D eigenvalue weighted by molar-refractivity contribution is 0.0971. The maximum atomic E-state index is 12.8. The summed E-state index contributed by atoms with van der Waals surface area (Å²) in [5.41, 5.74) is 1.62. The fraction of sp³-hybridized carbons (Fsp3) is 0.429. The van der Waals surface area contributed by atoms with E-state index in [9.17, 15) is 9.90 Å². The molecule has 0 aliphatic heterocycles. The molecule has 0 aliphatic rings. The second-order valence-corrected chi connectivity index (χ2v) is 8.80. The number of aliphatic hydroxyl groups excluding tert-OH is 1. The SMILES string of the molecule is CCC(O)CN(Cc1nc2scc(-c3cccc(Cl)c3)c2c(=O)[nH]1)CC(C)C. The largest absolute Gasteiger partial charge is 0.392 e. The van der Waals surface area contributed by atoms with Gasteiger partial charge in [0.2, 0.25) is 0 Å². The van der Waals surface area contributed by atoms with Gasteiger partial charge >= 0.3 is 0 Å². The van der Waals surface area contributed by atoms with Gasteiger partial charge in [0, 0.05) is 29.1 Å². The summed E-state index contributed by atoms with van der Waals surface area (Å²) in [6.45, 7) is 8.15. The summed E-state index contributed by atoms with van der Waals surface area (Å²) in [5.74, 6) is 1.08. The van der Waals surface area contributed by atoms with Crippen molar-refractivity contribution in [1.29, 1.82) is 0 Å². The minimum atomic E-state index is -0.384. The van der Waals surface area contributed by atoms with Crippen LogP contribution in [0.3, 0.4) is 0 Å². The van der Waals surface area contributed by atoms with Crippen LogP contribution in [0.15, 0.2) is 34.4 Å². The number of aliphatic hydroxyl groups is 1. The standard InChI is InChI=1S/C21H26ClN3O2S/c1-4-16(26)10-25(9-13(2)3)11-18-23-20(27)19-17(12-28-21(19)24-18)14-6-5-7-15(22)8-14/h5-8,12-13,16,26H,4,9-11H2,1-3H3,(H,23,24,27). The summed E-state index contributed by atoms with van der Waals surface area (Å²) in [6.07, 6.45) is 0.316. The number of fused-ring (bicyclic) bond motifs is 1. The van der Waals surface area contributed by atoms with Crippen LogP contribution in [0.25, 0.3) is 21.3 Å². The number of benzene rings is 1. The lowest BCUT2D eigenvalue weighted by Gasteiger charge is -2.25. The van der Waals surface area contributed by atoms with Gasteiger partial charge in [0.1, 0.15) is 10.7 Å². The molecule has 0 saturated carbocycles. The molecule has 150 valence electrons. The predicted octanol–water partition coefficient (Wildman–Crippen LogP) is 4.53. The second kappa shape index (κ2) is 9.18. The molecule has 2 heterocycles. The van der Waals surface area contributed by atoms with Crippen molar-refractivity contribution in [2.75, 3.05) is 13.1 Å². The number of nitrogens with one attached hydrogen (secondary N) is 1. The lowest BCUT2D eigenvalue weighted by atomic mass is 10.1. The summed E-state index contributed by atoms with van der Waals surface area (Å²) >= 11 is 7.57. The zero-order valence-electron chi connectivity index (χ0n) is 16.4. The zero-order valence-corrected chi connectivity index (χ0v) is 18.0. The molecule has 0 saturated heterocycles. The van der Waals surface area contributed by atoms with E-state index in [1.165, 1.54) is 11.3 Å². The van der Waals surface area contributed by atoms with Crippen molar-refractivity contribution >= 4 is 33.2 Å². The number of thiophene rings is 1. The molecule has 0 aliphatic carbocycles. The average molecular weight is 420 g/mol. The molecule has 1 aromatic carbocycles. The normalized spacial score (nSPS) is 13.0. The Bertz CT molecular complexity index is 999. The van der Waals surface area contributed by atoms with Gasteiger partial charge in [0.05, 0.1) is 18.0 Å². The lowest BCUT2D eigenvalue weighted by Crippen LogP contribution is -2.35. The minimum Gasteiger partial charge on any atom is -0.392 e. The highest BCUT2D eigenvalue weighted by Crippen LogP contribution is 2.32. The summed E-state index contributed by atoms with van der Waals surface area (Å²) in [6, 6.07) is 7.48. The quantitative estimate of drug-likeness (QED) is 0.562. The number of H-pyrrole nitrogens is 1. The molecule has 0 fully saturated rings. The van der Waals surface area contributed by atoms with E-state index in [-0.39, 0.29) is 11.7 Å². The fourth-order valence-electron chi connectivity index (χ4n) is 3.30. The van der Waals surface area contributed by atoms with Crippen molar-refractivity contribution < 1.29 is 5.11 Å². The van der Waals surface area contributed by atoms with Gasteiger partial charge in [-0.25, -0.2) is 4.98 Å². The number of nitrogens with zero attached hydrogens (tertiary/aromatic N) is 2. The van der Waals surface area contributed by atoms with Gasteiger partial charge in [-0.1, -0.05) is 44.5 Å². The number of hydrogen-bond acceptors (Lipinski definition) is 5. The van der Waals surface area contributed by atoms with Gasteiger partial charge in [-0.2, -0.15) is 0 Å². The Morgan fingerprint density at radius 2 is 2.11 bits per heavy atom. The Hall–Kier alpha value is -1.73.